The Labute approximate surface area is 127 Å². The van der Waals surface area contributed by atoms with E-state index in [1.54, 1.807) is 20.0 Å². The first-order chi connectivity index (χ1) is 9.96. The van der Waals surface area contributed by atoms with E-state index in [1.165, 1.54) is 11.3 Å². The molecule has 0 spiro atoms. The lowest BCUT2D eigenvalue weighted by Crippen LogP contribution is -2.64. The van der Waals surface area contributed by atoms with Gasteiger partial charge in [-0.2, -0.15) is 0 Å². The Bertz CT molecular complexity index is 552. The van der Waals surface area contributed by atoms with Crippen molar-refractivity contribution < 1.29 is 14.4 Å². The zero-order valence-electron chi connectivity index (χ0n) is 12.4. The first-order valence-electron chi connectivity index (χ1n) is 7.03. The SMILES string of the molecule is CCC1(CC)C(=O)NC(=O)N(CC(C)c2nccs2)C1=O. The van der Waals surface area contributed by atoms with E-state index in [9.17, 15) is 14.4 Å². The predicted octanol–water partition coefficient (Wildman–Crippen LogP) is 2.13. The monoisotopic (exact) mass is 309 g/mol. The van der Waals surface area contributed by atoms with Crippen LogP contribution in [0.2, 0.25) is 0 Å². The topological polar surface area (TPSA) is 79.4 Å². The molecule has 1 fully saturated rings. The summed E-state index contributed by atoms with van der Waals surface area (Å²) in [5.74, 6) is -0.940. The maximum absolute atomic E-state index is 12.7. The average molecular weight is 309 g/mol. The number of nitrogens with one attached hydrogen (secondary N) is 1. The number of amides is 4. The number of carbonyl (C=O) groups excluding carboxylic acids is 3. The Morgan fingerprint density at radius 2 is 2.00 bits per heavy atom. The van der Waals surface area contributed by atoms with E-state index in [1.807, 2.05) is 12.3 Å². The lowest BCUT2D eigenvalue weighted by Gasteiger charge is -2.38. The minimum absolute atomic E-state index is 0.0562. The average Bonchev–Trinajstić information content (AvgIpc) is 2.99. The van der Waals surface area contributed by atoms with Crippen molar-refractivity contribution >= 4 is 29.2 Å². The van der Waals surface area contributed by atoms with E-state index in [4.69, 9.17) is 0 Å². The highest BCUT2D eigenvalue weighted by Crippen LogP contribution is 2.33. The summed E-state index contributed by atoms with van der Waals surface area (Å²) >= 11 is 1.49. The molecule has 1 atom stereocenters. The summed E-state index contributed by atoms with van der Waals surface area (Å²) in [5, 5.41) is 5.04. The standard InChI is InChI=1S/C14H19N3O3S/c1-4-14(5-2)11(18)16-13(20)17(12(14)19)8-9(3)10-15-6-7-21-10/h6-7,9H,4-5,8H2,1-3H3,(H,16,18,20). The molecule has 1 aromatic heterocycles. The Balaban J connectivity index is 2.24. The number of barbiturate groups is 1. The van der Waals surface area contributed by atoms with Gasteiger partial charge in [0.25, 0.3) is 0 Å². The third-order valence-corrected chi connectivity index (χ3v) is 5.10. The highest BCUT2D eigenvalue weighted by molar-refractivity contribution is 7.09. The summed E-state index contributed by atoms with van der Waals surface area (Å²) in [5.41, 5.74) is -1.13. The lowest BCUT2D eigenvalue weighted by molar-refractivity contribution is -0.152. The molecule has 1 aromatic rings. The van der Waals surface area contributed by atoms with Gasteiger partial charge in [0.2, 0.25) is 11.8 Å². The number of carbonyl (C=O) groups is 3. The Morgan fingerprint density at radius 1 is 1.33 bits per heavy atom. The zero-order chi connectivity index (χ0) is 15.6. The smallest absolute Gasteiger partial charge is 0.277 e. The van der Waals surface area contributed by atoms with Crippen molar-refractivity contribution in [2.75, 3.05) is 6.54 Å². The number of hydrogen-bond acceptors (Lipinski definition) is 5. The number of hydrogen-bond donors (Lipinski definition) is 1. The summed E-state index contributed by atoms with van der Waals surface area (Å²) in [6.07, 6.45) is 2.45. The van der Waals surface area contributed by atoms with Crippen molar-refractivity contribution in [3.8, 4) is 0 Å². The van der Waals surface area contributed by atoms with Crippen LogP contribution in [0.25, 0.3) is 0 Å². The quantitative estimate of drug-likeness (QED) is 0.845. The Morgan fingerprint density at radius 3 is 2.52 bits per heavy atom. The third-order valence-electron chi connectivity index (χ3n) is 4.09. The van der Waals surface area contributed by atoms with Crippen LogP contribution in [0.5, 0.6) is 0 Å². The fraction of sp³-hybridized carbons (Fsp3) is 0.571. The number of imide groups is 2. The number of nitrogens with zero attached hydrogens (tertiary/aromatic N) is 2. The molecule has 7 heteroatoms. The summed E-state index contributed by atoms with van der Waals surface area (Å²) in [6, 6.07) is -0.633. The van der Waals surface area contributed by atoms with Crippen molar-refractivity contribution in [3.05, 3.63) is 16.6 Å². The number of aromatic nitrogens is 1. The molecule has 0 bridgehead atoms. The minimum atomic E-state index is -1.13. The minimum Gasteiger partial charge on any atom is -0.277 e. The van der Waals surface area contributed by atoms with Gasteiger partial charge in [0.1, 0.15) is 5.41 Å². The Hall–Kier alpha value is -1.76. The maximum atomic E-state index is 12.7. The molecule has 0 aromatic carbocycles. The van der Waals surface area contributed by atoms with E-state index in [0.717, 1.165) is 9.91 Å². The van der Waals surface area contributed by atoms with Gasteiger partial charge in [0, 0.05) is 24.0 Å². The molecule has 2 rings (SSSR count). The van der Waals surface area contributed by atoms with Crippen molar-refractivity contribution in [1.82, 2.24) is 15.2 Å². The van der Waals surface area contributed by atoms with Gasteiger partial charge >= 0.3 is 6.03 Å². The van der Waals surface area contributed by atoms with Crippen LogP contribution < -0.4 is 5.32 Å². The van der Waals surface area contributed by atoms with Crippen LogP contribution in [-0.2, 0) is 9.59 Å². The van der Waals surface area contributed by atoms with Crippen LogP contribution in [0.1, 0.15) is 44.5 Å². The zero-order valence-corrected chi connectivity index (χ0v) is 13.2. The fourth-order valence-corrected chi connectivity index (χ4v) is 3.29. The van der Waals surface area contributed by atoms with Crippen molar-refractivity contribution in [2.45, 2.75) is 39.5 Å². The molecular weight excluding hydrogens is 290 g/mol. The highest BCUT2D eigenvalue weighted by atomic mass is 32.1. The molecule has 1 saturated heterocycles. The second-order valence-corrected chi connectivity index (χ2v) is 6.16. The molecule has 1 unspecified atom stereocenters. The molecule has 6 nitrogen and oxygen atoms in total. The summed E-state index contributed by atoms with van der Waals surface area (Å²) in [7, 11) is 0. The van der Waals surface area contributed by atoms with Crippen molar-refractivity contribution in [3.63, 3.8) is 0 Å². The second-order valence-electron chi connectivity index (χ2n) is 5.24. The molecule has 21 heavy (non-hydrogen) atoms. The van der Waals surface area contributed by atoms with Crippen LogP contribution in [0.4, 0.5) is 4.79 Å². The second kappa shape index (κ2) is 5.93. The van der Waals surface area contributed by atoms with Gasteiger partial charge in [0.15, 0.2) is 0 Å². The predicted molar refractivity (Wildman–Crippen MR) is 78.8 cm³/mol. The van der Waals surface area contributed by atoms with Gasteiger partial charge in [-0.15, -0.1) is 11.3 Å². The van der Waals surface area contributed by atoms with Crippen LogP contribution in [-0.4, -0.2) is 34.3 Å². The highest BCUT2D eigenvalue weighted by Gasteiger charge is 2.51. The maximum Gasteiger partial charge on any atom is 0.330 e. The number of thiazole rings is 1. The number of urea groups is 1. The summed E-state index contributed by atoms with van der Waals surface area (Å²) < 4.78 is 0. The molecule has 1 aliphatic heterocycles. The van der Waals surface area contributed by atoms with Crippen molar-refractivity contribution in [1.29, 1.82) is 0 Å². The molecule has 1 N–H and O–H groups in total. The fourth-order valence-electron chi connectivity index (χ4n) is 2.60. The summed E-state index contributed by atoms with van der Waals surface area (Å²) in [6.45, 7) is 5.72. The molecule has 2 heterocycles. The van der Waals surface area contributed by atoms with E-state index >= 15 is 0 Å². The van der Waals surface area contributed by atoms with Crippen LogP contribution >= 0.6 is 11.3 Å². The first kappa shape index (κ1) is 15.6. The van der Waals surface area contributed by atoms with Crippen LogP contribution in [0, 0.1) is 5.41 Å². The van der Waals surface area contributed by atoms with E-state index in [0.29, 0.717) is 12.8 Å². The molecule has 4 amide bonds. The normalized spacial score (nSPS) is 19.6. The van der Waals surface area contributed by atoms with Gasteiger partial charge in [-0.3, -0.25) is 19.8 Å². The molecule has 1 aliphatic rings. The number of rotatable bonds is 5. The summed E-state index contributed by atoms with van der Waals surface area (Å²) in [4.78, 5) is 42.1. The van der Waals surface area contributed by atoms with Crippen LogP contribution in [0.15, 0.2) is 11.6 Å². The largest absolute Gasteiger partial charge is 0.330 e. The van der Waals surface area contributed by atoms with E-state index in [2.05, 4.69) is 10.3 Å². The van der Waals surface area contributed by atoms with Crippen molar-refractivity contribution in [2.24, 2.45) is 5.41 Å². The molecule has 0 radical (unpaired) electrons. The van der Waals surface area contributed by atoms with Gasteiger partial charge in [-0.05, 0) is 12.8 Å². The lowest BCUT2D eigenvalue weighted by atomic mass is 9.78. The molecular formula is C14H19N3O3S. The molecule has 114 valence electrons. The van der Waals surface area contributed by atoms with Gasteiger partial charge in [0.05, 0.1) is 5.01 Å². The van der Waals surface area contributed by atoms with Gasteiger partial charge < -0.3 is 0 Å². The molecule has 0 saturated carbocycles. The van der Waals surface area contributed by atoms with E-state index < -0.39 is 23.3 Å². The third kappa shape index (κ3) is 2.57. The van der Waals surface area contributed by atoms with Gasteiger partial charge in [-0.25, -0.2) is 9.78 Å². The Kier molecular flexibility index (Phi) is 4.41. The van der Waals surface area contributed by atoms with Gasteiger partial charge in [-0.1, -0.05) is 20.8 Å². The van der Waals surface area contributed by atoms with Crippen LogP contribution in [0.3, 0.4) is 0 Å². The molecule has 0 aliphatic carbocycles. The van der Waals surface area contributed by atoms with E-state index in [-0.39, 0.29) is 12.5 Å². The first-order valence-corrected chi connectivity index (χ1v) is 7.91.